The summed E-state index contributed by atoms with van der Waals surface area (Å²) in [5.74, 6) is -0.443. The standard InChI is InChI=1S/C24H20N4O2/c1-17(18-10-4-2-5-11-18)16-25-26-23(29)22-20-14-8-9-15-21(20)24(30)28(27-22)19-12-6-3-7-13-19/h2-17H,1H3,(H,26,29)/b25-16-/t17-/m1/s1. The Kier molecular flexibility index (Phi) is 5.48. The monoisotopic (exact) mass is 396 g/mol. The fourth-order valence-corrected chi connectivity index (χ4v) is 3.20. The summed E-state index contributed by atoms with van der Waals surface area (Å²) in [4.78, 5) is 25.8. The van der Waals surface area contributed by atoms with E-state index in [0.29, 0.717) is 16.5 Å². The summed E-state index contributed by atoms with van der Waals surface area (Å²) >= 11 is 0. The number of benzene rings is 3. The van der Waals surface area contributed by atoms with Crippen LogP contribution in [0.25, 0.3) is 16.5 Å². The molecule has 0 spiro atoms. The normalized spacial score (nSPS) is 12.2. The highest BCUT2D eigenvalue weighted by molar-refractivity contribution is 6.04. The molecule has 0 fully saturated rings. The third-order valence-corrected chi connectivity index (χ3v) is 4.81. The molecule has 6 heteroatoms. The summed E-state index contributed by atoms with van der Waals surface area (Å²) in [5, 5.41) is 9.35. The fourth-order valence-electron chi connectivity index (χ4n) is 3.20. The van der Waals surface area contributed by atoms with Crippen molar-refractivity contribution in [3.8, 4) is 5.69 Å². The second kappa shape index (κ2) is 8.53. The lowest BCUT2D eigenvalue weighted by molar-refractivity contribution is 0.0950. The van der Waals surface area contributed by atoms with Gasteiger partial charge in [-0.1, -0.05) is 73.7 Å². The lowest BCUT2D eigenvalue weighted by Gasteiger charge is -2.10. The third-order valence-electron chi connectivity index (χ3n) is 4.81. The zero-order valence-electron chi connectivity index (χ0n) is 16.4. The maximum atomic E-state index is 12.9. The van der Waals surface area contributed by atoms with E-state index < -0.39 is 5.91 Å². The Hall–Kier alpha value is -4.06. The maximum Gasteiger partial charge on any atom is 0.292 e. The molecule has 1 aromatic heterocycles. The van der Waals surface area contributed by atoms with Gasteiger partial charge in [0, 0.05) is 17.5 Å². The molecule has 1 N–H and O–H groups in total. The van der Waals surface area contributed by atoms with Crippen LogP contribution < -0.4 is 11.0 Å². The molecule has 0 aliphatic rings. The van der Waals surface area contributed by atoms with E-state index in [-0.39, 0.29) is 17.2 Å². The summed E-state index contributed by atoms with van der Waals surface area (Å²) in [6.45, 7) is 1.99. The predicted molar refractivity (Wildman–Crippen MR) is 118 cm³/mol. The number of para-hydroxylation sites is 1. The summed E-state index contributed by atoms with van der Waals surface area (Å²) < 4.78 is 1.24. The van der Waals surface area contributed by atoms with Crippen LogP contribution in [0.15, 0.2) is 94.8 Å². The van der Waals surface area contributed by atoms with Crippen LogP contribution in [-0.4, -0.2) is 21.9 Å². The first-order valence-corrected chi connectivity index (χ1v) is 9.61. The highest BCUT2D eigenvalue weighted by atomic mass is 16.2. The maximum absolute atomic E-state index is 12.9. The zero-order chi connectivity index (χ0) is 20.9. The van der Waals surface area contributed by atoms with Gasteiger partial charge in [-0.2, -0.15) is 14.9 Å². The van der Waals surface area contributed by atoms with Crippen LogP contribution in [0.1, 0.15) is 28.9 Å². The Labute approximate surface area is 173 Å². The van der Waals surface area contributed by atoms with Gasteiger partial charge in [0.25, 0.3) is 11.5 Å². The van der Waals surface area contributed by atoms with Gasteiger partial charge in [-0.3, -0.25) is 9.59 Å². The molecule has 0 unspecified atom stereocenters. The fraction of sp³-hybridized carbons (Fsp3) is 0.0833. The topological polar surface area (TPSA) is 76.3 Å². The Balaban J connectivity index is 1.68. The minimum Gasteiger partial charge on any atom is -0.267 e. The number of hydrazone groups is 1. The van der Waals surface area contributed by atoms with Gasteiger partial charge >= 0.3 is 0 Å². The highest BCUT2D eigenvalue weighted by Gasteiger charge is 2.17. The van der Waals surface area contributed by atoms with Gasteiger partial charge in [-0.05, 0) is 23.8 Å². The molecule has 0 saturated carbocycles. The predicted octanol–water partition coefficient (Wildman–Crippen LogP) is 3.91. The van der Waals surface area contributed by atoms with Crippen LogP contribution in [0.5, 0.6) is 0 Å². The number of aromatic nitrogens is 2. The van der Waals surface area contributed by atoms with Gasteiger partial charge in [0.1, 0.15) is 0 Å². The van der Waals surface area contributed by atoms with Crippen molar-refractivity contribution in [3.05, 3.63) is 107 Å². The number of carbonyl (C=O) groups is 1. The molecule has 6 nitrogen and oxygen atoms in total. The van der Waals surface area contributed by atoms with Gasteiger partial charge in [-0.25, -0.2) is 5.43 Å². The van der Waals surface area contributed by atoms with Gasteiger partial charge < -0.3 is 0 Å². The second-order valence-corrected chi connectivity index (χ2v) is 6.87. The van der Waals surface area contributed by atoms with Crippen molar-refractivity contribution in [2.24, 2.45) is 5.10 Å². The van der Waals surface area contributed by atoms with Crippen molar-refractivity contribution in [1.29, 1.82) is 0 Å². The molecule has 0 radical (unpaired) electrons. The molecular weight excluding hydrogens is 376 g/mol. The number of hydrogen-bond donors (Lipinski definition) is 1. The third kappa shape index (κ3) is 3.89. The van der Waals surface area contributed by atoms with Crippen LogP contribution in [-0.2, 0) is 0 Å². The molecule has 30 heavy (non-hydrogen) atoms. The average Bonchev–Trinajstić information content (AvgIpc) is 2.80. The van der Waals surface area contributed by atoms with Gasteiger partial charge in [-0.15, -0.1) is 0 Å². The van der Waals surface area contributed by atoms with Crippen molar-refractivity contribution in [2.75, 3.05) is 0 Å². The van der Waals surface area contributed by atoms with Crippen molar-refractivity contribution in [3.63, 3.8) is 0 Å². The quantitative estimate of drug-likeness (QED) is 0.411. The minimum absolute atomic E-state index is 0.0366. The molecule has 0 aliphatic carbocycles. The van der Waals surface area contributed by atoms with E-state index in [1.807, 2.05) is 55.5 Å². The number of hydrogen-bond acceptors (Lipinski definition) is 4. The van der Waals surface area contributed by atoms with Crippen LogP contribution in [0.2, 0.25) is 0 Å². The summed E-state index contributed by atoms with van der Waals surface area (Å²) in [7, 11) is 0. The molecule has 148 valence electrons. The van der Waals surface area contributed by atoms with Crippen LogP contribution >= 0.6 is 0 Å². The number of fused-ring (bicyclic) bond motifs is 1. The molecule has 0 aliphatic heterocycles. The molecule has 4 rings (SSSR count). The molecule has 1 atom stereocenters. The highest BCUT2D eigenvalue weighted by Crippen LogP contribution is 2.15. The number of rotatable bonds is 5. The minimum atomic E-state index is -0.479. The summed E-state index contributed by atoms with van der Waals surface area (Å²) in [6.07, 6.45) is 1.67. The molecular formula is C24H20N4O2. The van der Waals surface area contributed by atoms with Crippen LogP contribution in [0.4, 0.5) is 0 Å². The van der Waals surface area contributed by atoms with Crippen molar-refractivity contribution in [2.45, 2.75) is 12.8 Å². The molecule has 0 bridgehead atoms. The lowest BCUT2D eigenvalue weighted by Crippen LogP contribution is -2.28. The molecule has 0 saturated heterocycles. The first-order chi connectivity index (χ1) is 14.6. The van der Waals surface area contributed by atoms with E-state index in [1.54, 1.807) is 42.6 Å². The summed E-state index contributed by atoms with van der Waals surface area (Å²) in [5.41, 5.74) is 4.08. The average molecular weight is 396 g/mol. The largest absolute Gasteiger partial charge is 0.292 e. The van der Waals surface area contributed by atoms with E-state index in [0.717, 1.165) is 5.56 Å². The molecule has 1 heterocycles. The van der Waals surface area contributed by atoms with E-state index in [1.165, 1.54) is 4.68 Å². The Bertz CT molecular complexity index is 1260. The van der Waals surface area contributed by atoms with E-state index >= 15 is 0 Å². The molecule has 1 amide bonds. The first kappa shape index (κ1) is 19.3. The van der Waals surface area contributed by atoms with Crippen molar-refractivity contribution >= 4 is 22.9 Å². The Morgan fingerprint density at radius 2 is 1.53 bits per heavy atom. The Morgan fingerprint density at radius 1 is 0.933 bits per heavy atom. The summed E-state index contributed by atoms with van der Waals surface area (Å²) in [6, 6.07) is 25.8. The van der Waals surface area contributed by atoms with Crippen molar-refractivity contribution < 1.29 is 4.79 Å². The van der Waals surface area contributed by atoms with Gasteiger partial charge in [0.2, 0.25) is 0 Å². The number of nitrogens with zero attached hydrogens (tertiary/aromatic N) is 3. The van der Waals surface area contributed by atoms with Crippen LogP contribution in [0.3, 0.4) is 0 Å². The number of carbonyl (C=O) groups excluding carboxylic acids is 1. The van der Waals surface area contributed by atoms with Gasteiger partial charge in [0.05, 0.1) is 11.1 Å². The van der Waals surface area contributed by atoms with E-state index in [9.17, 15) is 9.59 Å². The smallest absolute Gasteiger partial charge is 0.267 e. The SMILES string of the molecule is C[C@H](/C=N\NC(=O)c1nn(-c2ccccc2)c(=O)c2ccccc12)c1ccccc1. The zero-order valence-corrected chi connectivity index (χ0v) is 16.4. The van der Waals surface area contributed by atoms with E-state index in [4.69, 9.17) is 0 Å². The second-order valence-electron chi connectivity index (χ2n) is 6.87. The molecule has 3 aromatic carbocycles. The number of nitrogens with one attached hydrogen (secondary N) is 1. The van der Waals surface area contributed by atoms with Crippen molar-refractivity contribution in [1.82, 2.24) is 15.2 Å². The van der Waals surface area contributed by atoms with E-state index in [2.05, 4.69) is 15.6 Å². The number of amides is 1. The Morgan fingerprint density at radius 3 is 2.23 bits per heavy atom. The lowest BCUT2D eigenvalue weighted by atomic mass is 10.0. The molecule has 4 aromatic rings. The first-order valence-electron chi connectivity index (χ1n) is 9.61. The van der Waals surface area contributed by atoms with Crippen LogP contribution in [0, 0.1) is 0 Å². The van der Waals surface area contributed by atoms with Gasteiger partial charge in [0.15, 0.2) is 5.69 Å².